The Kier molecular flexibility index (Phi) is 8.10. The van der Waals surface area contributed by atoms with Crippen molar-refractivity contribution in [3.05, 3.63) is 71.4 Å². The van der Waals surface area contributed by atoms with Gasteiger partial charge in [-0.25, -0.2) is 0 Å². The summed E-state index contributed by atoms with van der Waals surface area (Å²) in [7, 11) is 4.32. The Balaban J connectivity index is 1.49. The minimum Gasteiger partial charge on any atom is -0.351 e. The fourth-order valence-corrected chi connectivity index (χ4v) is 6.43. The number of nitrogens with zero attached hydrogens (tertiary/aromatic N) is 4. The second-order valence-electron chi connectivity index (χ2n) is 11.8. The number of hydrogen-bond donors (Lipinski definition) is 2. The Labute approximate surface area is 237 Å². The van der Waals surface area contributed by atoms with Gasteiger partial charge in [0.1, 0.15) is 0 Å². The molecule has 0 radical (unpaired) electrons. The number of amides is 2. The van der Waals surface area contributed by atoms with Crippen LogP contribution in [0.4, 0.5) is 0 Å². The van der Waals surface area contributed by atoms with Gasteiger partial charge in [-0.2, -0.15) is 0 Å². The number of nitrogens with one attached hydrogen (secondary N) is 2. The van der Waals surface area contributed by atoms with Crippen LogP contribution in [0, 0.1) is 18.8 Å². The third kappa shape index (κ3) is 5.56. The number of fused-ring (bicyclic) bond motifs is 1. The van der Waals surface area contributed by atoms with E-state index in [-0.39, 0.29) is 29.7 Å². The molecule has 2 aliphatic rings. The summed E-state index contributed by atoms with van der Waals surface area (Å²) in [5.41, 5.74) is 6.71. The summed E-state index contributed by atoms with van der Waals surface area (Å²) >= 11 is 0. The molecular weight excluding hydrogens is 500 g/mol. The molecule has 0 aromatic carbocycles. The predicted octanol–water partition coefficient (Wildman–Crippen LogP) is 4.41. The molecule has 2 amide bonds. The summed E-state index contributed by atoms with van der Waals surface area (Å²) in [6.45, 7) is 10.6. The van der Waals surface area contributed by atoms with Crippen molar-refractivity contribution in [2.45, 2.75) is 52.6 Å². The molecule has 2 N–H and O–H groups in total. The van der Waals surface area contributed by atoms with Crippen LogP contribution < -0.4 is 10.6 Å². The van der Waals surface area contributed by atoms with Gasteiger partial charge in [-0.05, 0) is 77.4 Å². The zero-order valence-electron chi connectivity index (χ0n) is 24.6. The van der Waals surface area contributed by atoms with Gasteiger partial charge in [-0.1, -0.05) is 19.1 Å². The highest BCUT2D eigenvalue weighted by Gasteiger charge is 2.30. The van der Waals surface area contributed by atoms with E-state index in [4.69, 9.17) is 0 Å². The van der Waals surface area contributed by atoms with Crippen molar-refractivity contribution in [2.75, 3.05) is 33.7 Å². The van der Waals surface area contributed by atoms with Crippen molar-refractivity contribution < 1.29 is 9.59 Å². The monoisotopic (exact) mass is 542 g/mol. The lowest BCUT2D eigenvalue weighted by Crippen LogP contribution is -2.44. The molecule has 8 heteroatoms. The molecule has 0 spiro atoms. The van der Waals surface area contributed by atoms with E-state index in [0.717, 1.165) is 59.5 Å². The topological polar surface area (TPSA) is 82.0 Å². The lowest BCUT2D eigenvalue weighted by Gasteiger charge is -2.39. The number of hydrogen-bond acceptors (Lipinski definition) is 5. The number of rotatable bonds is 7. The van der Waals surface area contributed by atoms with Crippen LogP contribution in [0.2, 0.25) is 0 Å². The number of carbonyl (C=O) groups is 2. The van der Waals surface area contributed by atoms with Crippen LogP contribution in [-0.2, 0) is 4.79 Å². The number of aromatic nitrogens is 2. The van der Waals surface area contributed by atoms with Crippen LogP contribution in [0.15, 0.2) is 54.6 Å². The van der Waals surface area contributed by atoms with E-state index in [2.05, 4.69) is 82.2 Å². The predicted molar refractivity (Wildman–Crippen MR) is 159 cm³/mol. The zero-order chi connectivity index (χ0) is 28.6. The first-order valence-corrected chi connectivity index (χ1v) is 14.4. The first-order chi connectivity index (χ1) is 19.1. The van der Waals surface area contributed by atoms with Gasteiger partial charge in [0.2, 0.25) is 5.91 Å². The van der Waals surface area contributed by atoms with Crippen LogP contribution in [0.5, 0.6) is 0 Å². The van der Waals surface area contributed by atoms with E-state index < -0.39 is 0 Å². The van der Waals surface area contributed by atoms with Gasteiger partial charge < -0.3 is 19.9 Å². The van der Waals surface area contributed by atoms with Gasteiger partial charge in [-0.3, -0.25) is 19.5 Å². The summed E-state index contributed by atoms with van der Waals surface area (Å²) in [4.78, 5) is 35.5. The molecule has 212 valence electrons. The third-order valence-electron chi connectivity index (χ3n) is 8.89. The zero-order valence-corrected chi connectivity index (χ0v) is 24.6. The third-order valence-corrected chi connectivity index (χ3v) is 8.89. The van der Waals surface area contributed by atoms with Crippen LogP contribution in [-0.4, -0.2) is 70.8 Å². The Morgan fingerprint density at radius 3 is 2.60 bits per heavy atom. The highest BCUT2D eigenvalue weighted by Crippen LogP contribution is 2.33. The molecule has 8 nitrogen and oxygen atoms in total. The SMILES string of the molecule is CC1=CC(C)C(CNC(=O)c2cc3cc(-c4cccnc4)cn3c(C(C)N3CCC(N(C)C)CC3)c2C)C(=O)N1. The molecular formula is C32H42N6O2. The highest BCUT2D eigenvalue weighted by molar-refractivity contribution is 5.97. The van der Waals surface area contributed by atoms with Gasteiger partial charge in [0.25, 0.3) is 5.91 Å². The first-order valence-electron chi connectivity index (χ1n) is 14.4. The molecule has 3 unspecified atom stereocenters. The Morgan fingerprint density at radius 1 is 1.20 bits per heavy atom. The molecule has 3 aromatic heterocycles. The molecule has 0 aliphatic carbocycles. The molecule has 5 heterocycles. The first kappa shape index (κ1) is 28.1. The van der Waals surface area contributed by atoms with Crippen molar-refractivity contribution in [3.63, 3.8) is 0 Å². The molecule has 1 fully saturated rings. The molecule has 0 saturated carbocycles. The van der Waals surface area contributed by atoms with Gasteiger partial charge in [0.15, 0.2) is 0 Å². The van der Waals surface area contributed by atoms with Crippen molar-refractivity contribution in [2.24, 2.45) is 11.8 Å². The van der Waals surface area contributed by atoms with Gasteiger partial charge in [0, 0.05) is 83.9 Å². The van der Waals surface area contributed by atoms with Crippen LogP contribution in [0.3, 0.4) is 0 Å². The molecule has 1 saturated heterocycles. The maximum atomic E-state index is 13.7. The van der Waals surface area contributed by atoms with E-state index in [9.17, 15) is 9.59 Å². The lowest BCUT2D eigenvalue weighted by molar-refractivity contribution is -0.125. The molecule has 3 atom stereocenters. The number of likely N-dealkylation sites (tertiary alicyclic amines) is 1. The fourth-order valence-electron chi connectivity index (χ4n) is 6.43. The molecule has 0 bridgehead atoms. The summed E-state index contributed by atoms with van der Waals surface area (Å²) < 4.78 is 2.25. The highest BCUT2D eigenvalue weighted by atomic mass is 16.2. The lowest BCUT2D eigenvalue weighted by atomic mass is 9.89. The normalized spacial score (nSPS) is 21.4. The van der Waals surface area contributed by atoms with Crippen molar-refractivity contribution in [3.8, 4) is 11.1 Å². The van der Waals surface area contributed by atoms with E-state index in [1.54, 1.807) is 6.20 Å². The number of piperidine rings is 1. The average Bonchev–Trinajstić information content (AvgIpc) is 3.36. The van der Waals surface area contributed by atoms with E-state index in [0.29, 0.717) is 18.2 Å². The Morgan fingerprint density at radius 2 is 1.95 bits per heavy atom. The maximum absolute atomic E-state index is 13.7. The van der Waals surface area contributed by atoms with Crippen LogP contribution in [0.25, 0.3) is 16.6 Å². The summed E-state index contributed by atoms with van der Waals surface area (Å²) in [5, 5.41) is 5.99. The van der Waals surface area contributed by atoms with E-state index >= 15 is 0 Å². The molecule has 5 rings (SSSR count). The molecule has 40 heavy (non-hydrogen) atoms. The number of carbonyl (C=O) groups excluding carboxylic acids is 2. The Hall–Kier alpha value is -3.49. The fraction of sp³-hybridized carbons (Fsp3) is 0.469. The number of allylic oxidation sites excluding steroid dienone is 2. The van der Waals surface area contributed by atoms with E-state index in [1.165, 1.54) is 0 Å². The minimum absolute atomic E-state index is 0.0388. The van der Waals surface area contributed by atoms with Crippen LogP contribution in [0.1, 0.15) is 61.3 Å². The van der Waals surface area contributed by atoms with Gasteiger partial charge in [0.05, 0.1) is 5.92 Å². The largest absolute Gasteiger partial charge is 0.351 e. The minimum atomic E-state index is -0.293. The summed E-state index contributed by atoms with van der Waals surface area (Å²) in [6, 6.07) is 8.84. The second-order valence-corrected chi connectivity index (χ2v) is 11.8. The Bertz CT molecular complexity index is 1420. The van der Waals surface area contributed by atoms with Crippen LogP contribution >= 0.6 is 0 Å². The summed E-state index contributed by atoms with van der Waals surface area (Å²) in [6.07, 6.45) is 10.1. The van der Waals surface area contributed by atoms with Crippen molar-refractivity contribution >= 4 is 17.3 Å². The second kappa shape index (κ2) is 11.6. The standard InChI is InChI=1S/C32H42N6O2/c1-20-14-21(2)35-32(40)29(20)18-34-31(39)28-16-27-15-25(24-8-7-11-33-17-24)19-38(27)30(22(28)3)23(4)37-12-9-26(10-13-37)36(5)6/h7-8,11,14-17,19-20,23,26,29H,9-10,12-13,18H2,1-6H3,(H,34,39)(H,35,40). The maximum Gasteiger partial charge on any atom is 0.251 e. The van der Waals surface area contributed by atoms with Gasteiger partial charge >= 0.3 is 0 Å². The van der Waals surface area contributed by atoms with Gasteiger partial charge in [-0.15, -0.1) is 0 Å². The van der Waals surface area contributed by atoms with E-state index in [1.807, 2.05) is 32.2 Å². The smallest absolute Gasteiger partial charge is 0.251 e. The average molecular weight is 543 g/mol. The summed E-state index contributed by atoms with van der Waals surface area (Å²) in [5.74, 6) is -0.414. The number of pyridine rings is 2. The quantitative estimate of drug-likeness (QED) is 0.462. The van der Waals surface area contributed by atoms with Crippen molar-refractivity contribution in [1.82, 2.24) is 29.8 Å². The molecule has 3 aromatic rings. The van der Waals surface area contributed by atoms with Crippen molar-refractivity contribution in [1.29, 1.82) is 0 Å². The molecule has 2 aliphatic heterocycles.